The average Bonchev–Trinajstić information content (AvgIpc) is 2.51. The summed E-state index contributed by atoms with van der Waals surface area (Å²) in [6.07, 6.45) is 4.22. The van der Waals surface area contributed by atoms with Gasteiger partial charge in [-0.15, -0.1) is 0 Å². The molecule has 1 aliphatic heterocycles. The van der Waals surface area contributed by atoms with Crippen molar-refractivity contribution in [3.05, 3.63) is 35.4 Å². The first-order valence-corrected chi connectivity index (χ1v) is 8.09. The molecule has 0 spiro atoms. The minimum atomic E-state index is -0.747. The molecule has 2 rings (SSSR count). The highest BCUT2D eigenvalue weighted by Gasteiger charge is 2.23. The Bertz CT molecular complexity index is 527. The first-order valence-electron chi connectivity index (χ1n) is 8.09. The van der Waals surface area contributed by atoms with Crippen molar-refractivity contribution in [1.29, 1.82) is 0 Å². The van der Waals surface area contributed by atoms with Gasteiger partial charge in [-0.2, -0.15) is 0 Å². The van der Waals surface area contributed by atoms with Crippen LogP contribution in [-0.4, -0.2) is 35.0 Å². The fourth-order valence-electron chi connectivity index (χ4n) is 3.13. The van der Waals surface area contributed by atoms with Gasteiger partial charge in [0.05, 0.1) is 0 Å². The summed E-state index contributed by atoms with van der Waals surface area (Å²) in [6, 6.07) is 8.27. The lowest BCUT2D eigenvalue weighted by Gasteiger charge is -2.32. The molecular weight excluding hydrogens is 278 g/mol. The Labute approximate surface area is 132 Å². The molecule has 1 atom stereocenters. The fraction of sp³-hybridized carbons (Fsp3) is 0.556. The van der Waals surface area contributed by atoms with Crippen molar-refractivity contribution in [1.82, 2.24) is 4.90 Å². The molecule has 1 fully saturated rings. The van der Waals surface area contributed by atoms with E-state index >= 15 is 0 Å². The maximum absolute atomic E-state index is 12.3. The van der Waals surface area contributed by atoms with E-state index in [9.17, 15) is 9.59 Å². The normalized spacial score (nSPS) is 18.2. The summed E-state index contributed by atoms with van der Waals surface area (Å²) in [7, 11) is 0. The van der Waals surface area contributed by atoms with Gasteiger partial charge in [0.15, 0.2) is 0 Å². The first-order chi connectivity index (χ1) is 10.5. The number of piperidine rings is 1. The molecule has 1 saturated heterocycles. The Kier molecular flexibility index (Phi) is 5.99. The van der Waals surface area contributed by atoms with Crippen LogP contribution in [0.5, 0.6) is 0 Å². The molecule has 1 unspecified atom stereocenters. The zero-order valence-electron chi connectivity index (χ0n) is 13.3. The van der Waals surface area contributed by atoms with Crippen molar-refractivity contribution in [2.75, 3.05) is 13.1 Å². The van der Waals surface area contributed by atoms with E-state index in [4.69, 9.17) is 5.11 Å². The van der Waals surface area contributed by atoms with Gasteiger partial charge in [-0.25, -0.2) is 0 Å². The predicted molar refractivity (Wildman–Crippen MR) is 85.7 cm³/mol. The number of hydrogen-bond acceptors (Lipinski definition) is 2. The van der Waals surface area contributed by atoms with Crippen LogP contribution in [0.1, 0.15) is 43.2 Å². The van der Waals surface area contributed by atoms with Gasteiger partial charge < -0.3 is 10.0 Å². The Morgan fingerprint density at radius 2 is 2.14 bits per heavy atom. The number of amides is 1. The van der Waals surface area contributed by atoms with Crippen LogP contribution < -0.4 is 0 Å². The van der Waals surface area contributed by atoms with E-state index in [0.717, 1.165) is 32.4 Å². The minimum absolute atomic E-state index is 0.196. The summed E-state index contributed by atoms with van der Waals surface area (Å²) in [4.78, 5) is 24.9. The maximum atomic E-state index is 12.3. The van der Waals surface area contributed by atoms with Crippen LogP contribution in [0.15, 0.2) is 24.3 Å². The summed E-state index contributed by atoms with van der Waals surface area (Å²) in [5, 5.41) is 8.77. The van der Waals surface area contributed by atoms with Crippen molar-refractivity contribution in [2.45, 2.75) is 45.4 Å². The number of carboxylic acid groups (broad SMARTS) is 1. The van der Waals surface area contributed by atoms with E-state index in [1.165, 1.54) is 11.1 Å². The number of aryl methyl sites for hydroxylation is 2. The number of carbonyl (C=O) groups is 2. The molecule has 4 nitrogen and oxygen atoms in total. The van der Waals surface area contributed by atoms with Crippen LogP contribution in [0.2, 0.25) is 0 Å². The standard InChI is InChI=1S/C18H25NO3/c1-14-4-2-5-15(12-14)7-9-17(20)19-11-3-6-16(13-19)8-10-18(21)22/h2,4-5,12,16H,3,6-11,13H2,1H3,(H,21,22). The van der Waals surface area contributed by atoms with E-state index in [-0.39, 0.29) is 12.3 Å². The van der Waals surface area contributed by atoms with Crippen molar-refractivity contribution in [2.24, 2.45) is 5.92 Å². The molecule has 0 saturated carbocycles. The summed E-state index contributed by atoms with van der Waals surface area (Å²) >= 11 is 0. The summed E-state index contributed by atoms with van der Waals surface area (Å²) in [6.45, 7) is 3.60. The molecule has 22 heavy (non-hydrogen) atoms. The lowest BCUT2D eigenvalue weighted by atomic mass is 9.93. The number of aliphatic carboxylic acids is 1. The number of carbonyl (C=O) groups excluding carboxylic acids is 1. The lowest BCUT2D eigenvalue weighted by Crippen LogP contribution is -2.40. The third-order valence-electron chi connectivity index (χ3n) is 4.35. The predicted octanol–water partition coefficient (Wildman–Crippen LogP) is 3.03. The highest BCUT2D eigenvalue weighted by molar-refractivity contribution is 5.76. The summed E-state index contributed by atoms with van der Waals surface area (Å²) < 4.78 is 0. The number of nitrogens with zero attached hydrogens (tertiary/aromatic N) is 1. The van der Waals surface area contributed by atoms with Crippen molar-refractivity contribution < 1.29 is 14.7 Å². The SMILES string of the molecule is Cc1cccc(CCC(=O)N2CCCC(CCC(=O)O)C2)c1. The van der Waals surface area contributed by atoms with Crippen molar-refractivity contribution in [3.8, 4) is 0 Å². The van der Waals surface area contributed by atoms with Gasteiger partial charge >= 0.3 is 5.97 Å². The molecule has 0 aromatic heterocycles. The second-order valence-corrected chi connectivity index (χ2v) is 6.27. The molecule has 120 valence electrons. The summed E-state index contributed by atoms with van der Waals surface area (Å²) in [5.41, 5.74) is 2.42. The third-order valence-corrected chi connectivity index (χ3v) is 4.35. The zero-order chi connectivity index (χ0) is 15.9. The van der Waals surface area contributed by atoms with Crippen molar-refractivity contribution in [3.63, 3.8) is 0 Å². The summed E-state index contributed by atoms with van der Waals surface area (Å²) in [5.74, 6) is -0.211. The van der Waals surface area contributed by atoms with Crippen LogP contribution in [-0.2, 0) is 16.0 Å². The molecule has 1 heterocycles. The van der Waals surface area contributed by atoms with Crippen LogP contribution in [0.3, 0.4) is 0 Å². The van der Waals surface area contributed by atoms with Gasteiger partial charge in [0, 0.05) is 25.9 Å². The molecule has 0 bridgehead atoms. The second kappa shape index (κ2) is 7.97. The number of rotatable bonds is 6. The van der Waals surface area contributed by atoms with Gasteiger partial charge in [-0.1, -0.05) is 29.8 Å². The zero-order valence-corrected chi connectivity index (χ0v) is 13.3. The van der Waals surface area contributed by atoms with Gasteiger partial charge in [0.25, 0.3) is 0 Å². The van der Waals surface area contributed by atoms with Gasteiger partial charge in [0.1, 0.15) is 0 Å². The molecule has 1 amide bonds. The molecule has 1 aromatic carbocycles. The van der Waals surface area contributed by atoms with Crippen LogP contribution in [0.4, 0.5) is 0 Å². The highest BCUT2D eigenvalue weighted by Crippen LogP contribution is 2.22. The van der Waals surface area contributed by atoms with E-state index in [2.05, 4.69) is 25.1 Å². The van der Waals surface area contributed by atoms with Crippen molar-refractivity contribution >= 4 is 11.9 Å². The first kappa shape index (κ1) is 16.5. The van der Waals surface area contributed by atoms with Crippen LogP contribution in [0.25, 0.3) is 0 Å². The number of hydrogen-bond donors (Lipinski definition) is 1. The molecule has 4 heteroatoms. The Morgan fingerprint density at radius 3 is 2.86 bits per heavy atom. The second-order valence-electron chi connectivity index (χ2n) is 6.27. The largest absolute Gasteiger partial charge is 0.481 e. The minimum Gasteiger partial charge on any atom is -0.481 e. The molecule has 0 aliphatic carbocycles. The van der Waals surface area contributed by atoms with E-state index < -0.39 is 5.97 Å². The Morgan fingerprint density at radius 1 is 1.32 bits per heavy atom. The monoisotopic (exact) mass is 303 g/mol. The van der Waals surface area contributed by atoms with Gasteiger partial charge in [-0.3, -0.25) is 9.59 Å². The van der Waals surface area contributed by atoms with Crippen LogP contribution >= 0.6 is 0 Å². The quantitative estimate of drug-likeness (QED) is 0.879. The van der Waals surface area contributed by atoms with Gasteiger partial charge in [0.2, 0.25) is 5.91 Å². The van der Waals surface area contributed by atoms with Gasteiger partial charge in [-0.05, 0) is 44.1 Å². The Balaban J connectivity index is 1.80. The average molecular weight is 303 g/mol. The molecule has 1 aromatic rings. The van der Waals surface area contributed by atoms with E-state index in [0.29, 0.717) is 18.8 Å². The highest BCUT2D eigenvalue weighted by atomic mass is 16.4. The number of carboxylic acids is 1. The van der Waals surface area contributed by atoms with Crippen LogP contribution in [0, 0.1) is 12.8 Å². The third kappa shape index (κ3) is 5.17. The molecular formula is C18H25NO3. The molecule has 1 N–H and O–H groups in total. The molecule has 1 aliphatic rings. The smallest absolute Gasteiger partial charge is 0.303 e. The number of benzene rings is 1. The lowest BCUT2D eigenvalue weighted by molar-refractivity contribution is -0.137. The van der Waals surface area contributed by atoms with E-state index in [1.807, 2.05) is 11.0 Å². The van der Waals surface area contributed by atoms with E-state index in [1.54, 1.807) is 0 Å². The molecule has 0 radical (unpaired) electrons. The topological polar surface area (TPSA) is 57.6 Å². The maximum Gasteiger partial charge on any atom is 0.303 e. The fourth-order valence-corrected chi connectivity index (χ4v) is 3.13. The Hall–Kier alpha value is -1.84. The number of likely N-dealkylation sites (tertiary alicyclic amines) is 1.